The van der Waals surface area contributed by atoms with E-state index in [1.807, 2.05) is 0 Å². The molecule has 1 rings (SSSR count). The standard InChI is InChI=1S/C13H15F3N2O3/c1-8(9-6-4-3-5-7-9)17-11(21)18-12(2,10(19)20)13(14,15)16/h3-8H,1-2H3,(H,19,20)(H2,17,18,21). The fourth-order valence-corrected chi connectivity index (χ4v) is 1.53. The van der Waals surface area contributed by atoms with Crippen LogP contribution in [0.1, 0.15) is 25.5 Å². The van der Waals surface area contributed by atoms with Crippen molar-refractivity contribution in [3.8, 4) is 0 Å². The lowest BCUT2D eigenvalue weighted by Crippen LogP contribution is -2.63. The average Bonchev–Trinajstić information content (AvgIpc) is 2.37. The van der Waals surface area contributed by atoms with E-state index < -0.39 is 29.8 Å². The van der Waals surface area contributed by atoms with E-state index in [-0.39, 0.29) is 0 Å². The zero-order valence-corrected chi connectivity index (χ0v) is 11.4. The van der Waals surface area contributed by atoms with Gasteiger partial charge in [-0.2, -0.15) is 13.2 Å². The van der Waals surface area contributed by atoms with Crippen molar-refractivity contribution in [3.63, 3.8) is 0 Å². The van der Waals surface area contributed by atoms with Gasteiger partial charge in [-0.05, 0) is 19.4 Å². The lowest BCUT2D eigenvalue weighted by molar-refractivity contribution is -0.203. The van der Waals surface area contributed by atoms with Crippen molar-refractivity contribution in [2.75, 3.05) is 0 Å². The van der Waals surface area contributed by atoms with E-state index in [1.54, 1.807) is 37.3 Å². The normalized spacial score (nSPS) is 15.7. The summed E-state index contributed by atoms with van der Waals surface area (Å²) >= 11 is 0. The number of carbonyl (C=O) groups is 2. The molecule has 0 aliphatic heterocycles. The molecule has 5 nitrogen and oxygen atoms in total. The van der Waals surface area contributed by atoms with E-state index in [0.717, 1.165) is 0 Å². The van der Waals surface area contributed by atoms with Gasteiger partial charge in [0.1, 0.15) is 0 Å². The monoisotopic (exact) mass is 304 g/mol. The van der Waals surface area contributed by atoms with Crippen molar-refractivity contribution in [1.29, 1.82) is 0 Å². The maximum atomic E-state index is 12.8. The molecule has 0 aliphatic carbocycles. The van der Waals surface area contributed by atoms with Crippen LogP contribution in [-0.4, -0.2) is 28.8 Å². The highest BCUT2D eigenvalue weighted by molar-refractivity contribution is 5.86. The molecule has 116 valence electrons. The fourth-order valence-electron chi connectivity index (χ4n) is 1.53. The molecule has 0 aromatic heterocycles. The van der Waals surface area contributed by atoms with Gasteiger partial charge in [0, 0.05) is 0 Å². The van der Waals surface area contributed by atoms with Crippen molar-refractivity contribution in [3.05, 3.63) is 35.9 Å². The third kappa shape index (κ3) is 3.87. The van der Waals surface area contributed by atoms with Crippen LogP contribution in [0.2, 0.25) is 0 Å². The van der Waals surface area contributed by atoms with Crippen molar-refractivity contribution < 1.29 is 27.9 Å². The molecule has 0 fully saturated rings. The Balaban J connectivity index is 2.79. The van der Waals surface area contributed by atoms with Gasteiger partial charge in [0.15, 0.2) is 0 Å². The number of benzene rings is 1. The van der Waals surface area contributed by atoms with Gasteiger partial charge in [0.2, 0.25) is 5.54 Å². The van der Waals surface area contributed by atoms with Gasteiger partial charge in [-0.15, -0.1) is 0 Å². The highest BCUT2D eigenvalue weighted by Gasteiger charge is 2.58. The van der Waals surface area contributed by atoms with Gasteiger partial charge >= 0.3 is 18.2 Å². The number of amides is 2. The number of alkyl halides is 3. The molecular formula is C13H15F3N2O3. The van der Waals surface area contributed by atoms with Crippen LogP contribution in [0.4, 0.5) is 18.0 Å². The summed E-state index contributed by atoms with van der Waals surface area (Å²) in [5, 5.41) is 12.4. The second kappa shape index (κ2) is 6.02. The molecule has 2 unspecified atom stereocenters. The molecule has 0 radical (unpaired) electrons. The molecule has 21 heavy (non-hydrogen) atoms. The van der Waals surface area contributed by atoms with Gasteiger partial charge in [-0.1, -0.05) is 30.3 Å². The predicted molar refractivity (Wildman–Crippen MR) is 68.6 cm³/mol. The maximum Gasteiger partial charge on any atom is 0.422 e. The molecule has 3 N–H and O–H groups in total. The molecule has 1 aromatic rings. The summed E-state index contributed by atoms with van der Waals surface area (Å²) in [7, 11) is 0. The largest absolute Gasteiger partial charge is 0.479 e. The number of carboxylic acids is 1. The first kappa shape index (κ1) is 16.8. The van der Waals surface area contributed by atoms with Gasteiger partial charge in [0.25, 0.3) is 0 Å². The Bertz CT molecular complexity index is 519. The summed E-state index contributed by atoms with van der Waals surface area (Å²) in [4.78, 5) is 22.4. The third-order valence-electron chi connectivity index (χ3n) is 3.01. The lowest BCUT2D eigenvalue weighted by Gasteiger charge is -2.29. The Kier molecular flexibility index (Phi) is 4.82. The number of carbonyl (C=O) groups excluding carboxylic acids is 1. The lowest BCUT2D eigenvalue weighted by atomic mass is 10.0. The number of aliphatic carboxylic acids is 1. The zero-order valence-electron chi connectivity index (χ0n) is 11.4. The summed E-state index contributed by atoms with van der Waals surface area (Å²) in [5.41, 5.74) is -2.68. The van der Waals surface area contributed by atoms with Crippen LogP contribution in [0, 0.1) is 0 Å². The Morgan fingerprint density at radius 1 is 1.19 bits per heavy atom. The molecule has 0 saturated carbocycles. The second-order valence-electron chi connectivity index (χ2n) is 4.66. The molecule has 0 saturated heterocycles. The number of hydrogen-bond acceptors (Lipinski definition) is 2. The van der Waals surface area contributed by atoms with Crippen LogP contribution in [0.5, 0.6) is 0 Å². The summed E-state index contributed by atoms with van der Waals surface area (Å²) in [6, 6.07) is 6.76. The minimum Gasteiger partial charge on any atom is -0.479 e. The second-order valence-corrected chi connectivity index (χ2v) is 4.66. The van der Waals surface area contributed by atoms with Gasteiger partial charge in [-0.25, -0.2) is 9.59 Å². The minimum atomic E-state index is -5.12. The van der Waals surface area contributed by atoms with Crippen LogP contribution < -0.4 is 10.6 Å². The Morgan fingerprint density at radius 3 is 2.14 bits per heavy atom. The fraction of sp³-hybridized carbons (Fsp3) is 0.385. The van der Waals surface area contributed by atoms with Crippen LogP contribution in [0.15, 0.2) is 30.3 Å². The maximum absolute atomic E-state index is 12.8. The predicted octanol–water partition coefficient (Wildman–Crippen LogP) is 2.45. The van der Waals surface area contributed by atoms with E-state index >= 15 is 0 Å². The van der Waals surface area contributed by atoms with Gasteiger partial charge in [-0.3, -0.25) is 0 Å². The number of hydrogen-bond donors (Lipinski definition) is 3. The quantitative estimate of drug-likeness (QED) is 0.799. The van der Waals surface area contributed by atoms with Crippen LogP contribution >= 0.6 is 0 Å². The SMILES string of the molecule is CC(NC(=O)NC(C)(C(=O)O)C(F)(F)F)c1ccccc1. The minimum absolute atomic E-state index is 0.391. The van der Waals surface area contributed by atoms with E-state index in [9.17, 15) is 22.8 Å². The van der Waals surface area contributed by atoms with Crippen molar-refractivity contribution in [2.45, 2.75) is 31.6 Å². The highest BCUT2D eigenvalue weighted by Crippen LogP contribution is 2.30. The zero-order chi connectivity index (χ0) is 16.3. The first-order valence-corrected chi connectivity index (χ1v) is 6.01. The molecule has 0 aliphatic rings. The molecule has 1 aromatic carbocycles. The number of carboxylic acid groups (broad SMARTS) is 1. The third-order valence-corrected chi connectivity index (χ3v) is 3.01. The van der Waals surface area contributed by atoms with E-state index in [0.29, 0.717) is 12.5 Å². The Labute approximate surface area is 119 Å². The van der Waals surface area contributed by atoms with Gasteiger partial charge < -0.3 is 15.7 Å². The molecule has 8 heteroatoms. The van der Waals surface area contributed by atoms with Crippen LogP contribution in [-0.2, 0) is 4.79 Å². The summed E-state index contributed by atoms with van der Waals surface area (Å²) < 4.78 is 38.3. The average molecular weight is 304 g/mol. The van der Waals surface area contributed by atoms with E-state index in [1.165, 1.54) is 5.32 Å². The molecule has 0 spiro atoms. The first-order valence-electron chi connectivity index (χ1n) is 6.01. The smallest absolute Gasteiger partial charge is 0.422 e. The van der Waals surface area contributed by atoms with Crippen LogP contribution in [0.3, 0.4) is 0 Å². The van der Waals surface area contributed by atoms with Gasteiger partial charge in [0.05, 0.1) is 6.04 Å². The Morgan fingerprint density at radius 2 is 1.71 bits per heavy atom. The van der Waals surface area contributed by atoms with Crippen molar-refractivity contribution in [1.82, 2.24) is 10.6 Å². The summed E-state index contributed by atoms with van der Waals surface area (Å²) in [5.74, 6) is -2.18. The van der Waals surface area contributed by atoms with Crippen LogP contribution in [0.25, 0.3) is 0 Å². The Hall–Kier alpha value is -2.25. The number of halogens is 3. The number of rotatable bonds is 4. The number of urea groups is 1. The molecular weight excluding hydrogens is 289 g/mol. The van der Waals surface area contributed by atoms with E-state index in [4.69, 9.17) is 5.11 Å². The number of nitrogens with one attached hydrogen (secondary N) is 2. The first-order chi connectivity index (χ1) is 9.58. The summed E-state index contributed by atoms with van der Waals surface area (Å²) in [6.07, 6.45) is -5.12. The molecule has 2 atom stereocenters. The topological polar surface area (TPSA) is 78.4 Å². The molecule has 0 heterocycles. The molecule has 2 amide bonds. The highest BCUT2D eigenvalue weighted by atomic mass is 19.4. The van der Waals surface area contributed by atoms with Crippen molar-refractivity contribution in [2.24, 2.45) is 0 Å². The molecule has 0 bridgehead atoms. The summed E-state index contributed by atoms with van der Waals surface area (Å²) in [6.45, 7) is 1.96. The van der Waals surface area contributed by atoms with E-state index in [2.05, 4.69) is 5.32 Å². The van der Waals surface area contributed by atoms with Crippen molar-refractivity contribution >= 4 is 12.0 Å².